The highest BCUT2D eigenvalue weighted by Crippen LogP contribution is 2.21. The predicted molar refractivity (Wildman–Crippen MR) is 91.8 cm³/mol. The lowest BCUT2D eigenvalue weighted by atomic mass is 9.99. The first-order chi connectivity index (χ1) is 11.7. The van der Waals surface area contributed by atoms with E-state index in [9.17, 15) is 4.79 Å². The molecule has 0 spiro atoms. The molecule has 3 rings (SSSR count). The number of carbonyl (C=O) groups excluding carboxylic acids is 1. The summed E-state index contributed by atoms with van der Waals surface area (Å²) < 4.78 is 4.76. The average Bonchev–Trinajstić information content (AvgIpc) is 3.08. The van der Waals surface area contributed by atoms with Crippen molar-refractivity contribution in [2.75, 3.05) is 26.7 Å². The molecular formula is C19H23N3O2. The van der Waals surface area contributed by atoms with E-state index in [1.165, 1.54) is 19.1 Å². The topological polar surface area (TPSA) is 55.3 Å². The summed E-state index contributed by atoms with van der Waals surface area (Å²) in [6.07, 6.45) is 10.4. The number of hydrogen-bond donors (Lipinski definition) is 0. The molecule has 3 heterocycles. The minimum absolute atomic E-state index is 0.325. The third kappa shape index (κ3) is 4.38. The first-order valence-corrected chi connectivity index (χ1v) is 8.38. The van der Waals surface area contributed by atoms with Gasteiger partial charge in [-0.15, -0.1) is 0 Å². The molecule has 0 radical (unpaired) electrons. The second kappa shape index (κ2) is 8.02. The molecule has 1 fully saturated rings. The van der Waals surface area contributed by atoms with Crippen LogP contribution >= 0.6 is 0 Å². The zero-order valence-electron chi connectivity index (χ0n) is 14.0. The number of methoxy groups -OCH3 is 1. The highest BCUT2D eigenvalue weighted by Gasteiger charge is 2.22. The molecule has 0 aliphatic carbocycles. The van der Waals surface area contributed by atoms with Gasteiger partial charge in [0.2, 0.25) is 0 Å². The molecule has 5 heteroatoms. The SMILES string of the molecule is COC(=O)c1cncc(CC2CCN(CCc3cccnc3)C2)c1. The summed E-state index contributed by atoms with van der Waals surface area (Å²) in [5.41, 5.74) is 2.93. The quantitative estimate of drug-likeness (QED) is 0.763. The smallest absolute Gasteiger partial charge is 0.339 e. The van der Waals surface area contributed by atoms with E-state index in [0.29, 0.717) is 11.5 Å². The molecule has 2 aromatic heterocycles. The van der Waals surface area contributed by atoms with E-state index in [1.54, 1.807) is 6.20 Å². The van der Waals surface area contributed by atoms with Crippen molar-refractivity contribution in [3.63, 3.8) is 0 Å². The van der Waals surface area contributed by atoms with E-state index >= 15 is 0 Å². The molecule has 1 unspecified atom stereocenters. The highest BCUT2D eigenvalue weighted by atomic mass is 16.5. The van der Waals surface area contributed by atoms with Crippen molar-refractivity contribution < 1.29 is 9.53 Å². The van der Waals surface area contributed by atoms with E-state index in [4.69, 9.17) is 4.74 Å². The molecule has 0 aromatic carbocycles. The van der Waals surface area contributed by atoms with Crippen LogP contribution in [0.3, 0.4) is 0 Å². The number of hydrogen-bond acceptors (Lipinski definition) is 5. The Morgan fingerprint density at radius 2 is 2.17 bits per heavy atom. The Kier molecular flexibility index (Phi) is 5.54. The number of aromatic nitrogens is 2. The minimum atomic E-state index is -0.325. The zero-order valence-corrected chi connectivity index (χ0v) is 14.0. The fraction of sp³-hybridized carbons (Fsp3) is 0.421. The van der Waals surface area contributed by atoms with Crippen LogP contribution in [-0.4, -0.2) is 47.6 Å². The average molecular weight is 325 g/mol. The molecule has 0 N–H and O–H groups in total. The molecule has 2 aromatic rings. The zero-order chi connectivity index (χ0) is 16.8. The number of carbonyl (C=O) groups is 1. The second-order valence-corrected chi connectivity index (χ2v) is 6.34. The maximum atomic E-state index is 11.6. The van der Waals surface area contributed by atoms with Crippen LogP contribution in [0.2, 0.25) is 0 Å². The number of nitrogens with zero attached hydrogens (tertiary/aromatic N) is 3. The fourth-order valence-corrected chi connectivity index (χ4v) is 3.28. The van der Waals surface area contributed by atoms with Gasteiger partial charge in [0.1, 0.15) is 0 Å². The van der Waals surface area contributed by atoms with Gasteiger partial charge in [-0.1, -0.05) is 6.07 Å². The normalized spacial score (nSPS) is 17.8. The van der Waals surface area contributed by atoms with Gasteiger partial charge in [0, 0.05) is 37.9 Å². The van der Waals surface area contributed by atoms with E-state index < -0.39 is 0 Å². The van der Waals surface area contributed by atoms with Gasteiger partial charge < -0.3 is 9.64 Å². The van der Waals surface area contributed by atoms with E-state index in [2.05, 4.69) is 20.9 Å². The van der Waals surface area contributed by atoms with Gasteiger partial charge in [0.15, 0.2) is 0 Å². The van der Waals surface area contributed by atoms with Gasteiger partial charge in [0.05, 0.1) is 12.7 Å². The number of rotatable bonds is 6. The summed E-state index contributed by atoms with van der Waals surface area (Å²) >= 11 is 0. The molecular weight excluding hydrogens is 302 g/mol. The van der Waals surface area contributed by atoms with Gasteiger partial charge in [-0.3, -0.25) is 9.97 Å². The predicted octanol–water partition coefficient (Wildman–Crippen LogP) is 2.37. The van der Waals surface area contributed by atoms with Gasteiger partial charge in [-0.2, -0.15) is 0 Å². The standard InChI is InChI=1S/C19H23N3O2/c1-24-19(23)18-10-17(12-21-13-18)9-16-5-8-22(14-16)7-4-15-3-2-6-20-11-15/h2-3,6,10-13,16H,4-5,7-9,14H2,1H3. The van der Waals surface area contributed by atoms with Crippen molar-refractivity contribution >= 4 is 5.97 Å². The molecule has 126 valence electrons. The van der Waals surface area contributed by atoms with E-state index in [1.807, 2.05) is 30.7 Å². The Balaban J connectivity index is 1.50. The van der Waals surface area contributed by atoms with Crippen LogP contribution < -0.4 is 0 Å². The molecule has 1 atom stereocenters. The molecule has 5 nitrogen and oxygen atoms in total. The molecule has 24 heavy (non-hydrogen) atoms. The maximum absolute atomic E-state index is 11.6. The fourth-order valence-electron chi connectivity index (χ4n) is 3.28. The van der Waals surface area contributed by atoms with Crippen molar-refractivity contribution in [2.45, 2.75) is 19.3 Å². The molecule has 0 amide bonds. The van der Waals surface area contributed by atoms with Crippen molar-refractivity contribution in [3.05, 3.63) is 59.7 Å². The number of likely N-dealkylation sites (tertiary alicyclic amines) is 1. The van der Waals surface area contributed by atoms with E-state index in [0.717, 1.165) is 38.0 Å². The van der Waals surface area contributed by atoms with Gasteiger partial charge in [-0.05, 0) is 55.0 Å². The Hall–Kier alpha value is -2.27. The Morgan fingerprint density at radius 1 is 1.29 bits per heavy atom. The largest absolute Gasteiger partial charge is 0.465 e. The lowest BCUT2D eigenvalue weighted by molar-refractivity contribution is 0.0600. The first kappa shape index (κ1) is 16.6. The lowest BCUT2D eigenvalue weighted by Crippen LogP contribution is -2.23. The molecule has 1 saturated heterocycles. The number of ether oxygens (including phenoxy) is 1. The third-order valence-corrected chi connectivity index (χ3v) is 4.55. The Morgan fingerprint density at radius 3 is 2.96 bits per heavy atom. The molecule has 0 bridgehead atoms. The van der Waals surface area contributed by atoms with Gasteiger partial charge in [-0.25, -0.2) is 4.79 Å². The summed E-state index contributed by atoms with van der Waals surface area (Å²) in [5, 5.41) is 0. The molecule has 1 aliphatic rings. The summed E-state index contributed by atoms with van der Waals surface area (Å²) in [6.45, 7) is 3.31. The van der Waals surface area contributed by atoms with Gasteiger partial charge >= 0.3 is 5.97 Å². The maximum Gasteiger partial charge on any atom is 0.339 e. The van der Waals surface area contributed by atoms with Crippen molar-refractivity contribution in [1.29, 1.82) is 0 Å². The van der Waals surface area contributed by atoms with Crippen LogP contribution in [0, 0.1) is 5.92 Å². The summed E-state index contributed by atoms with van der Waals surface area (Å²) in [6, 6.07) is 6.02. The number of esters is 1. The summed E-state index contributed by atoms with van der Waals surface area (Å²) in [7, 11) is 1.39. The van der Waals surface area contributed by atoms with Crippen molar-refractivity contribution in [3.8, 4) is 0 Å². The third-order valence-electron chi connectivity index (χ3n) is 4.55. The second-order valence-electron chi connectivity index (χ2n) is 6.34. The van der Waals surface area contributed by atoms with Crippen LogP contribution in [-0.2, 0) is 17.6 Å². The highest BCUT2D eigenvalue weighted by molar-refractivity contribution is 5.89. The van der Waals surface area contributed by atoms with Crippen molar-refractivity contribution in [2.24, 2.45) is 5.92 Å². The monoisotopic (exact) mass is 325 g/mol. The van der Waals surface area contributed by atoms with E-state index in [-0.39, 0.29) is 5.97 Å². The Labute approximate surface area is 142 Å². The molecule has 1 aliphatic heterocycles. The Bertz CT molecular complexity index is 675. The van der Waals surface area contributed by atoms with Crippen molar-refractivity contribution in [1.82, 2.24) is 14.9 Å². The minimum Gasteiger partial charge on any atom is -0.465 e. The lowest BCUT2D eigenvalue weighted by Gasteiger charge is -2.16. The number of pyridine rings is 2. The van der Waals surface area contributed by atoms with Crippen LogP contribution in [0.15, 0.2) is 43.0 Å². The molecule has 0 saturated carbocycles. The van der Waals surface area contributed by atoms with Crippen LogP contribution in [0.1, 0.15) is 27.9 Å². The van der Waals surface area contributed by atoms with Crippen LogP contribution in [0.5, 0.6) is 0 Å². The first-order valence-electron chi connectivity index (χ1n) is 8.38. The van der Waals surface area contributed by atoms with Gasteiger partial charge in [0.25, 0.3) is 0 Å². The van der Waals surface area contributed by atoms with Crippen LogP contribution in [0.4, 0.5) is 0 Å². The summed E-state index contributed by atoms with van der Waals surface area (Å²) in [5.74, 6) is 0.294. The van der Waals surface area contributed by atoms with Crippen LogP contribution in [0.25, 0.3) is 0 Å². The summed E-state index contributed by atoms with van der Waals surface area (Å²) in [4.78, 5) is 22.4.